The van der Waals surface area contributed by atoms with Gasteiger partial charge in [-0.25, -0.2) is 0 Å². The first-order chi connectivity index (χ1) is 5.66. The molecule has 2 unspecified atom stereocenters. The predicted molar refractivity (Wildman–Crippen MR) is 51.4 cm³/mol. The lowest BCUT2D eigenvalue weighted by molar-refractivity contribution is 0.230. The smallest absolute Gasteiger partial charge is 0.108 e. The predicted octanol–water partition coefficient (Wildman–Crippen LogP) is 1.19. The zero-order chi connectivity index (χ0) is 9.14. The van der Waals surface area contributed by atoms with E-state index in [2.05, 4.69) is 18.7 Å². The zero-order valence-electron chi connectivity index (χ0n) is 8.01. The Morgan fingerprint density at radius 2 is 2.42 bits per heavy atom. The second-order valence-electron chi connectivity index (χ2n) is 3.61. The van der Waals surface area contributed by atoms with Crippen molar-refractivity contribution in [3.05, 3.63) is 0 Å². The Hall–Kier alpha value is -0.570. The molecule has 0 aromatic carbocycles. The highest BCUT2D eigenvalue weighted by Gasteiger charge is 2.27. The first-order valence-electron chi connectivity index (χ1n) is 4.76. The molecule has 0 radical (unpaired) electrons. The van der Waals surface area contributed by atoms with Crippen molar-refractivity contribution in [2.45, 2.75) is 45.2 Å². The molecule has 0 aromatic heterocycles. The van der Waals surface area contributed by atoms with Gasteiger partial charge < -0.3 is 5.73 Å². The molecule has 0 aliphatic carbocycles. The van der Waals surface area contributed by atoms with Crippen LogP contribution in [0.5, 0.6) is 0 Å². The number of nitrogens with zero attached hydrogens (tertiary/aromatic N) is 1. The third-order valence-corrected chi connectivity index (χ3v) is 2.75. The van der Waals surface area contributed by atoms with E-state index < -0.39 is 0 Å². The van der Waals surface area contributed by atoms with Gasteiger partial charge in [0.25, 0.3) is 0 Å². The molecule has 0 saturated carbocycles. The second-order valence-corrected chi connectivity index (χ2v) is 3.61. The highest BCUT2D eigenvalue weighted by molar-refractivity contribution is 5.82. The van der Waals surface area contributed by atoms with Crippen molar-refractivity contribution < 1.29 is 0 Å². The van der Waals surface area contributed by atoms with Gasteiger partial charge in [-0.15, -0.1) is 0 Å². The molecule has 1 heterocycles. The SMILES string of the molecule is CCC(C(=N)N)N1CCCC1C. The minimum absolute atomic E-state index is 0.183. The third-order valence-electron chi connectivity index (χ3n) is 2.75. The summed E-state index contributed by atoms with van der Waals surface area (Å²) < 4.78 is 0. The van der Waals surface area contributed by atoms with Gasteiger partial charge in [0.2, 0.25) is 0 Å². The van der Waals surface area contributed by atoms with Crippen LogP contribution in [0.25, 0.3) is 0 Å². The van der Waals surface area contributed by atoms with Crippen LogP contribution in [0.15, 0.2) is 0 Å². The van der Waals surface area contributed by atoms with E-state index in [1.165, 1.54) is 12.8 Å². The summed E-state index contributed by atoms with van der Waals surface area (Å²) in [6, 6.07) is 0.793. The summed E-state index contributed by atoms with van der Waals surface area (Å²) >= 11 is 0. The van der Waals surface area contributed by atoms with Gasteiger partial charge in [-0.2, -0.15) is 0 Å². The molecule has 0 aromatic rings. The lowest BCUT2D eigenvalue weighted by atomic mass is 10.1. The molecule has 2 atom stereocenters. The molecule has 1 aliphatic rings. The van der Waals surface area contributed by atoms with Crippen LogP contribution in [-0.4, -0.2) is 29.4 Å². The van der Waals surface area contributed by atoms with Crippen molar-refractivity contribution >= 4 is 5.84 Å². The first kappa shape index (κ1) is 9.52. The van der Waals surface area contributed by atoms with Gasteiger partial charge >= 0.3 is 0 Å². The number of amidine groups is 1. The Balaban J connectivity index is 2.58. The molecular weight excluding hydrogens is 150 g/mol. The van der Waals surface area contributed by atoms with Gasteiger partial charge in [0, 0.05) is 6.04 Å². The Labute approximate surface area is 74.4 Å². The van der Waals surface area contributed by atoms with Crippen molar-refractivity contribution in [2.75, 3.05) is 6.54 Å². The molecule has 1 rings (SSSR count). The fourth-order valence-electron chi connectivity index (χ4n) is 2.05. The third kappa shape index (κ3) is 1.78. The van der Waals surface area contributed by atoms with E-state index in [1.807, 2.05) is 0 Å². The van der Waals surface area contributed by atoms with Gasteiger partial charge in [0.15, 0.2) is 0 Å². The number of hydrogen-bond acceptors (Lipinski definition) is 2. The fraction of sp³-hybridized carbons (Fsp3) is 0.889. The summed E-state index contributed by atoms with van der Waals surface area (Å²) in [6.45, 7) is 5.43. The number of hydrogen-bond donors (Lipinski definition) is 2. The Morgan fingerprint density at radius 3 is 2.75 bits per heavy atom. The molecule has 3 heteroatoms. The van der Waals surface area contributed by atoms with Crippen molar-refractivity contribution in [3.63, 3.8) is 0 Å². The van der Waals surface area contributed by atoms with E-state index in [1.54, 1.807) is 0 Å². The van der Waals surface area contributed by atoms with E-state index in [0.29, 0.717) is 11.9 Å². The number of nitrogens with one attached hydrogen (secondary N) is 1. The van der Waals surface area contributed by atoms with Crippen LogP contribution in [0, 0.1) is 5.41 Å². The lowest BCUT2D eigenvalue weighted by Crippen LogP contribution is -2.45. The van der Waals surface area contributed by atoms with Crippen LogP contribution in [0.3, 0.4) is 0 Å². The summed E-state index contributed by atoms with van der Waals surface area (Å²) in [7, 11) is 0. The van der Waals surface area contributed by atoms with E-state index in [4.69, 9.17) is 11.1 Å². The molecule has 0 amide bonds. The van der Waals surface area contributed by atoms with Gasteiger partial charge in [-0.1, -0.05) is 6.92 Å². The standard InChI is InChI=1S/C9H19N3/c1-3-8(9(10)11)12-6-4-5-7(12)2/h7-8H,3-6H2,1-2H3,(H3,10,11). The molecule has 70 valence electrons. The van der Waals surface area contributed by atoms with Crippen LogP contribution < -0.4 is 5.73 Å². The van der Waals surface area contributed by atoms with E-state index in [9.17, 15) is 0 Å². The average molecular weight is 169 g/mol. The summed E-state index contributed by atoms with van der Waals surface area (Å²) in [4.78, 5) is 2.35. The van der Waals surface area contributed by atoms with E-state index >= 15 is 0 Å². The maximum atomic E-state index is 7.44. The van der Waals surface area contributed by atoms with Crippen LogP contribution in [0.4, 0.5) is 0 Å². The number of nitrogens with two attached hydrogens (primary N) is 1. The van der Waals surface area contributed by atoms with Crippen molar-refractivity contribution in [3.8, 4) is 0 Å². The average Bonchev–Trinajstić information content (AvgIpc) is 2.38. The summed E-state index contributed by atoms with van der Waals surface area (Å²) in [6.07, 6.45) is 3.47. The van der Waals surface area contributed by atoms with Gasteiger partial charge in [-0.3, -0.25) is 10.3 Å². The lowest BCUT2D eigenvalue weighted by Gasteiger charge is -2.29. The molecule has 12 heavy (non-hydrogen) atoms. The van der Waals surface area contributed by atoms with Crippen LogP contribution >= 0.6 is 0 Å². The highest BCUT2D eigenvalue weighted by atomic mass is 15.2. The minimum Gasteiger partial charge on any atom is -0.386 e. The molecular formula is C9H19N3. The van der Waals surface area contributed by atoms with E-state index in [0.717, 1.165) is 13.0 Å². The van der Waals surface area contributed by atoms with E-state index in [-0.39, 0.29) is 6.04 Å². The molecule has 0 spiro atoms. The molecule has 3 N–H and O–H groups in total. The van der Waals surface area contributed by atoms with Crippen LogP contribution in [0.1, 0.15) is 33.1 Å². The topological polar surface area (TPSA) is 53.1 Å². The fourth-order valence-corrected chi connectivity index (χ4v) is 2.05. The Bertz CT molecular complexity index is 167. The number of likely N-dealkylation sites (tertiary alicyclic amines) is 1. The summed E-state index contributed by atoms with van der Waals surface area (Å²) in [5.74, 6) is 0.325. The summed E-state index contributed by atoms with van der Waals surface area (Å²) in [5.41, 5.74) is 5.53. The molecule has 1 aliphatic heterocycles. The molecule has 1 fully saturated rings. The largest absolute Gasteiger partial charge is 0.386 e. The van der Waals surface area contributed by atoms with Crippen LogP contribution in [0.2, 0.25) is 0 Å². The second kappa shape index (κ2) is 3.90. The summed E-state index contributed by atoms with van der Waals surface area (Å²) in [5, 5.41) is 7.44. The Kier molecular flexibility index (Phi) is 3.09. The molecule has 0 bridgehead atoms. The zero-order valence-corrected chi connectivity index (χ0v) is 8.01. The maximum Gasteiger partial charge on any atom is 0.108 e. The van der Waals surface area contributed by atoms with Gasteiger partial charge in [0.1, 0.15) is 5.84 Å². The number of rotatable bonds is 3. The normalized spacial score (nSPS) is 27.3. The van der Waals surface area contributed by atoms with Crippen LogP contribution in [-0.2, 0) is 0 Å². The first-order valence-corrected chi connectivity index (χ1v) is 4.76. The quantitative estimate of drug-likeness (QED) is 0.492. The molecule has 3 nitrogen and oxygen atoms in total. The van der Waals surface area contributed by atoms with Gasteiger partial charge in [0.05, 0.1) is 6.04 Å². The maximum absolute atomic E-state index is 7.44. The van der Waals surface area contributed by atoms with Gasteiger partial charge in [-0.05, 0) is 32.7 Å². The monoisotopic (exact) mass is 169 g/mol. The minimum atomic E-state index is 0.183. The Morgan fingerprint density at radius 1 is 1.75 bits per heavy atom. The highest BCUT2D eigenvalue weighted by Crippen LogP contribution is 2.20. The van der Waals surface area contributed by atoms with Crippen molar-refractivity contribution in [2.24, 2.45) is 5.73 Å². The van der Waals surface area contributed by atoms with Crippen molar-refractivity contribution in [1.29, 1.82) is 5.41 Å². The molecule has 1 saturated heterocycles. The van der Waals surface area contributed by atoms with Crippen molar-refractivity contribution in [1.82, 2.24) is 4.90 Å².